The predicted octanol–water partition coefficient (Wildman–Crippen LogP) is 1.42. The number of carboxylic acid groups (broad SMARTS) is 1. The standard InChI is InChI=1S/C10H16FNO4/c1-9(2,3)16-8(15)12-5-10(11,6-12)4-7(13)14/h4-6H2,1-3H3,(H,13,14). The van der Waals surface area contributed by atoms with Gasteiger partial charge in [-0.2, -0.15) is 0 Å². The first-order valence-electron chi connectivity index (χ1n) is 5.00. The van der Waals surface area contributed by atoms with Gasteiger partial charge in [-0.25, -0.2) is 9.18 Å². The zero-order valence-corrected chi connectivity index (χ0v) is 9.62. The predicted molar refractivity (Wildman–Crippen MR) is 53.9 cm³/mol. The molecule has 1 fully saturated rings. The molecule has 92 valence electrons. The topological polar surface area (TPSA) is 66.8 Å². The summed E-state index contributed by atoms with van der Waals surface area (Å²) in [5.41, 5.74) is -2.43. The van der Waals surface area contributed by atoms with Crippen LogP contribution in [-0.4, -0.2) is 46.4 Å². The molecule has 1 amide bonds. The van der Waals surface area contributed by atoms with Crippen LogP contribution in [0.4, 0.5) is 9.18 Å². The highest BCUT2D eigenvalue weighted by Gasteiger charge is 2.48. The Bertz CT molecular complexity index is 304. The van der Waals surface area contributed by atoms with Crippen LogP contribution in [0.3, 0.4) is 0 Å². The average Bonchev–Trinajstić information content (AvgIpc) is 1.94. The molecule has 0 saturated carbocycles. The Morgan fingerprint density at radius 1 is 1.44 bits per heavy atom. The van der Waals surface area contributed by atoms with Crippen LogP contribution in [0.25, 0.3) is 0 Å². The second-order valence-electron chi connectivity index (χ2n) is 5.06. The fourth-order valence-electron chi connectivity index (χ4n) is 1.48. The van der Waals surface area contributed by atoms with E-state index in [1.54, 1.807) is 20.8 Å². The molecule has 0 aromatic heterocycles. The molecule has 0 aromatic carbocycles. The SMILES string of the molecule is CC(C)(C)OC(=O)N1CC(F)(CC(=O)O)C1. The summed E-state index contributed by atoms with van der Waals surface area (Å²) >= 11 is 0. The molecule has 1 aliphatic heterocycles. The minimum absolute atomic E-state index is 0.214. The number of carbonyl (C=O) groups is 2. The first-order chi connectivity index (χ1) is 7.11. The van der Waals surface area contributed by atoms with Gasteiger partial charge in [-0.15, -0.1) is 0 Å². The zero-order chi connectivity index (χ0) is 12.6. The first kappa shape index (κ1) is 12.7. The highest BCUT2D eigenvalue weighted by molar-refractivity contribution is 5.72. The van der Waals surface area contributed by atoms with Crippen molar-refractivity contribution < 1.29 is 23.8 Å². The van der Waals surface area contributed by atoms with E-state index in [0.717, 1.165) is 4.90 Å². The Kier molecular flexibility index (Phi) is 3.12. The minimum atomic E-state index is -1.80. The first-order valence-corrected chi connectivity index (χ1v) is 5.00. The second kappa shape index (κ2) is 3.92. The fourth-order valence-corrected chi connectivity index (χ4v) is 1.48. The van der Waals surface area contributed by atoms with Crippen molar-refractivity contribution in [1.82, 2.24) is 4.90 Å². The molecule has 0 aromatic rings. The number of hydrogen-bond donors (Lipinski definition) is 1. The molecular formula is C10H16FNO4. The molecule has 1 rings (SSSR count). The van der Waals surface area contributed by atoms with Crippen LogP contribution in [0.1, 0.15) is 27.2 Å². The van der Waals surface area contributed by atoms with E-state index in [-0.39, 0.29) is 13.1 Å². The minimum Gasteiger partial charge on any atom is -0.481 e. The molecule has 6 heteroatoms. The maximum absolute atomic E-state index is 13.6. The van der Waals surface area contributed by atoms with Gasteiger partial charge in [0.25, 0.3) is 0 Å². The van der Waals surface area contributed by atoms with Gasteiger partial charge in [0.2, 0.25) is 0 Å². The molecular weight excluding hydrogens is 217 g/mol. The molecule has 1 N–H and O–H groups in total. The zero-order valence-electron chi connectivity index (χ0n) is 9.62. The van der Waals surface area contributed by atoms with E-state index in [0.29, 0.717) is 0 Å². The van der Waals surface area contributed by atoms with Crippen LogP contribution in [0, 0.1) is 0 Å². The summed E-state index contributed by atoms with van der Waals surface area (Å²) in [7, 11) is 0. The number of aliphatic carboxylic acids is 1. The number of amides is 1. The summed E-state index contributed by atoms with van der Waals surface area (Å²) in [6, 6.07) is 0. The van der Waals surface area contributed by atoms with Gasteiger partial charge in [-0.1, -0.05) is 0 Å². The largest absolute Gasteiger partial charge is 0.481 e. The monoisotopic (exact) mass is 233 g/mol. The van der Waals surface area contributed by atoms with Crippen molar-refractivity contribution in [2.45, 2.75) is 38.5 Å². The Balaban J connectivity index is 2.41. The van der Waals surface area contributed by atoms with E-state index in [4.69, 9.17) is 9.84 Å². The van der Waals surface area contributed by atoms with Crippen LogP contribution < -0.4 is 0 Å². The van der Waals surface area contributed by atoms with Crippen molar-refractivity contribution in [3.05, 3.63) is 0 Å². The van der Waals surface area contributed by atoms with E-state index >= 15 is 0 Å². The lowest BCUT2D eigenvalue weighted by molar-refractivity contribution is -0.144. The smallest absolute Gasteiger partial charge is 0.410 e. The summed E-state index contributed by atoms with van der Waals surface area (Å²) in [6.45, 7) is 4.71. The van der Waals surface area contributed by atoms with Gasteiger partial charge in [-0.05, 0) is 20.8 Å². The van der Waals surface area contributed by atoms with Crippen molar-refractivity contribution in [3.63, 3.8) is 0 Å². The molecule has 0 atom stereocenters. The van der Waals surface area contributed by atoms with Crippen LogP contribution in [-0.2, 0) is 9.53 Å². The van der Waals surface area contributed by atoms with Gasteiger partial charge in [0.1, 0.15) is 5.60 Å². The third-order valence-corrected chi connectivity index (χ3v) is 2.07. The van der Waals surface area contributed by atoms with Crippen LogP contribution in [0.2, 0.25) is 0 Å². The van der Waals surface area contributed by atoms with E-state index in [2.05, 4.69) is 0 Å². The van der Waals surface area contributed by atoms with Crippen LogP contribution in [0.15, 0.2) is 0 Å². The summed E-state index contributed by atoms with van der Waals surface area (Å²) in [4.78, 5) is 22.9. The molecule has 0 spiro atoms. The molecule has 0 bridgehead atoms. The van der Waals surface area contributed by atoms with Crippen molar-refractivity contribution >= 4 is 12.1 Å². The summed E-state index contributed by atoms with van der Waals surface area (Å²) in [6.07, 6.45) is -1.18. The number of carboxylic acids is 1. The lowest BCUT2D eigenvalue weighted by Gasteiger charge is -2.43. The van der Waals surface area contributed by atoms with Gasteiger partial charge in [0, 0.05) is 0 Å². The lowest BCUT2D eigenvalue weighted by atomic mass is 9.93. The second-order valence-corrected chi connectivity index (χ2v) is 5.06. The Hall–Kier alpha value is -1.33. The van der Waals surface area contributed by atoms with Gasteiger partial charge >= 0.3 is 12.1 Å². The maximum atomic E-state index is 13.6. The van der Waals surface area contributed by atoms with Crippen molar-refractivity contribution in [3.8, 4) is 0 Å². The van der Waals surface area contributed by atoms with E-state index in [1.165, 1.54) is 0 Å². The molecule has 0 unspecified atom stereocenters. The van der Waals surface area contributed by atoms with Gasteiger partial charge in [-0.3, -0.25) is 4.79 Å². The molecule has 5 nitrogen and oxygen atoms in total. The number of hydrogen-bond acceptors (Lipinski definition) is 3. The Morgan fingerprint density at radius 2 is 1.94 bits per heavy atom. The number of alkyl halides is 1. The number of carbonyl (C=O) groups excluding carboxylic acids is 1. The van der Waals surface area contributed by atoms with Crippen LogP contribution >= 0.6 is 0 Å². The normalized spacial score (nSPS) is 18.9. The number of ether oxygens (including phenoxy) is 1. The summed E-state index contributed by atoms with van der Waals surface area (Å²) in [5, 5.41) is 8.45. The number of rotatable bonds is 2. The summed E-state index contributed by atoms with van der Waals surface area (Å²) < 4.78 is 18.6. The quantitative estimate of drug-likeness (QED) is 0.783. The molecule has 1 aliphatic rings. The van der Waals surface area contributed by atoms with E-state index in [9.17, 15) is 14.0 Å². The lowest BCUT2D eigenvalue weighted by Crippen LogP contribution is -2.62. The number of likely N-dealkylation sites (tertiary alicyclic amines) is 1. The highest BCUT2D eigenvalue weighted by Crippen LogP contribution is 2.30. The molecule has 1 saturated heterocycles. The van der Waals surface area contributed by atoms with Crippen molar-refractivity contribution in [2.75, 3.05) is 13.1 Å². The maximum Gasteiger partial charge on any atom is 0.410 e. The Labute approximate surface area is 93.2 Å². The highest BCUT2D eigenvalue weighted by atomic mass is 19.1. The average molecular weight is 233 g/mol. The number of halogens is 1. The van der Waals surface area contributed by atoms with Crippen molar-refractivity contribution in [2.24, 2.45) is 0 Å². The number of nitrogens with zero attached hydrogens (tertiary/aromatic N) is 1. The Morgan fingerprint density at radius 3 is 2.31 bits per heavy atom. The molecule has 0 aliphatic carbocycles. The van der Waals surface area contributed by atoms with E-state index < -0.39 is 29.8 Å². The summed E-state index contributed by atoms with van der Waals surface area (Å²) in [5.74, 6) is -1.20. The third-order valence-electron chi connectivity index (χ3n) is 2.07. The molecule has 16 heavy (non-hydrogen) atoms. The fraction of sp³-hybridized carbons (Fsp3) is 0.800. The van der Waals surface area contributed by atoms with Gasteiger partial charge in [0.05, 0.1) is 19.5 Å². The van der Waals surface area contributed by atoms with Gasteiger partial charge in [0.15, 0.2) is 5.67 Å². The van der Waals surface area contributed by atoms with E-state index in [1.807, 2.05) is 0 Å². The molecule has 0 radical (unpaired) electrons. The van der Waals surface area contributed by atoms with Crippen LogP contribution in [0.5, 0.6) is 0 Å². The van der Waals surface area contributed by atoms with Crippen molar-refractivity contribution in [1.29, 1.82) is 0 Å². The van der Waals surface area contributed by atoms with Gasteiger partial charge < -0.3 is 14.7 Å². The third kappa shape index (κ3) is 3.36. The molecule has 1 heterocycles.